The first-order valence-corrected chi connectivity index (χ1v) is 9.95. The smallest absolute Gasteiger partial charge is 0.307 e. The molecule has 142 valence electrons. The third kappa shape index (κ3) is 2.91. The van der Waals surface area contributed by atoms with Gasteiger partial charge in [-0.3, -0.25) is 4.79 Å². The van der Waals surface area contributed by atoms with Crippen molar-refractivity contribution in [1.29, 1.82) is 0 Å². The Hall–Kier alpha value is -1.42. The van der Waals surface area contributed by atoms with Crippen LogP contribution < -0.4 is 4.74 Å². The van der Waals surface area contributed by atoms with E-state index in [0.717, 1.165) is 29.4 Å². The summed E-state index contributed by atoms with van der Waals surface area (Å²) in [6.45, 7) is 3.64. The number of hydrogen-bond acceptors (Lipinski definition) is 3. The van der Waals surface area contributed by atoms with Crippen LogP contribution in [-0.4, -0.2) is 13.1 Å². The molecule has 0 unspecified atom stereocenters. The van der Waals surface area contributed by atoms with E-state index in [1.807, 2.05) is 12.1 Å². The maximum atomic E-state index is 11.4. The minimum absolute atomic E-state index is 0.0607. The number of hydrogen-bond donors (Lipinski definition) is 0. The summed E-state index contributed by atoms with van der Waals surface area (Å²) < 4.78 is 10.7. The van der Waals surface area contributed by atoms with E-state index in [0.29, 0.717) is 27.2 Å². The average molecular weight is 426 g/mol. The largest absolute Gasteiger partial charge is 0.494 e. The molecule has 6 heteroatoms. The van der Waals surface area contributed by atoms with Crippen LogP contribution in [-0.2, 0) is 16.0 Å². The van der Waals surface area contributed by atoms with Crippen LogP contribution in [0, 0.1) is 5.41 Å². The van der Waals surface area contributed by atoms with Crippen LogP contribution in [0.15, 0.2) is 24.0 Å². The molecule has 4 rings (SSSR count). The first-order valence-electron chi connectivity index (χ1n) is 8.82. The van der Waals surface area contributed by atoms with Crippen molar-refractivity contribution in [3.8, 4) is 5.75 Å². The van der Waals surface area contributed by atoms with E-state index >= 15 is 0 Å². The van der Waals surface area contributed by atoms with Crippen LogP contribution in [0.25, 0.3) is 10.8 Å². The van der Waals surface area contributed by atoms with Gasteiger partial charge in [-0.15, -0.1) is 0 Å². The zero-order chi connectivity index (χ0) is 19.5. The van der Waals surface area contributed by atoms with Gasteiger partial charge < -0.3 is 9.47 Å². The second-order valence-corrected chi connectivity index (χ2v) is 8.71. The molecule has 27 heavy (non-hydrogen) atoms. The summed E-state index contributed by atoms with van der Waals surface area (Å²) in [4.78, 5) is 11.4. The molecule has 0 aliphatic heterocycles. The van der Waals surface area contributed by atoms with Gasteiger partial charge in [-0.25, -0.2) is 0 Å². The van der Waals surface area contributed by atoms with E-state index in [1.165, 1.54) is 25.2 Å². The minimum Gasteiger partial charge on any atom is -0.494 e. The molecule has 0 spiro atoms. The molecule has 2 aromatic rings. The van der Waals surface area contributed by atoms with E-state index in [1.54, 1.807) is 0 Å². The molecule has 2 aromatic carbocycles. The summed E-state index contributed by atoms with van der Waals surface area (Å²) in [5.74, 6) is 1.10. The lowest BCUT2D eigenvalue weighted by Crippen LogP contribution is -2.26. The van der Waals surface area contributed by atoms with Gasteiger partial charge in [-0.05, 0) is 53.0 Å². The van der Waals surface area contributed by atoms with Crippen LogP contribution in [0.3, 0.4) is 0 Å². The normalized spacial score (nSPS) is 23.6. The molecule has 0 bridgehead atoms. The summed E-state index contributed by atoms with van der Waals surface area (Å²) in [5, 5.41) is 3.22. The third-order valence-corrected chi connectivity index (χ3v) is 6.77. The van der Waals surface area contributed by atoms with E-state index in [-0.39, 0.29) is 17.3 Å². The SMILES string of the molecule is COc1c(Cl)cc2c3c(cc(Cl)c2c1Cl)[C@H]1CC(OC(C)=O)=C[C@]1(C)CC3. The number of esters is 1. The molecule has 0 amide bonds. The molecule has 2 atom stereocenters. The van der Waals surface area contributed by atoms with E-state index in [4.69, 9.17) is 44.3 Å². The van der Waals surface area contributed by atoms with E-state index in [2.05, 4.69) is 13.0 Å². The Morgan fingerprint density at radius 2 is 1.96 bits per heavy atom. The number of allylic oxidation sites excluding steroid dienone is 2. The highest BCUT2D eigenvalue weighted by Gasteiger charge is 2.44. The lowest BCUT2D eigenvalue weighted by Gasteiger charge is -2.37. The zero-order valence-electron chi connectivity index (χ0n) is 15.3. The summed E-state index contributed by atoms with van der Waals surface area (Å²) >= 11 is 19.6. The summed E-state index contributed by atoms with van der Waals surface area (Å²) in [7, 11) is 1.54. The second kappa shape index (κ2) is 6.58. The maximum absolute atomic E-state index is 11.4. The maximum Gasteiger partial charge on any atom is 0.307 e. The highest BCUT2D eigenvalue weighted by atomic mass is 35.5. The molecule has 0 N–H and O–H groups in total. The fraction of sp³-hybridized carbons (Fsp3) is 0.381. The number of ether oxygens (including phenoxy) is 2. The van der Waals surface area contributed by atoms with Gasteiger partial charge >= 0.3 is 5.97 Å². The fourth-order valence-electron chi connectivity index (χ4n) is 4.62. The van der Waals surface area contributed by atoms with Crippen molar-refractivity contribution in [3.05, 3.63) is 50.2 Å². The Morgan fingerprint density at radius 3 is 2.63 bits per heavy atom. The average Bonchev–Trinajstić information content (AvgIpc) is 2.90. The van der Waals surface area contributed by atoms with E-state index < -0.39 is 0 Å². The Kier molecular flexibility index (Phi) is 4.61. The van der Waals surface area contributed by atoms with Crippen LogP contribution in [0.2, 0.25) is 15.1 Å². The van der Waals surface area contributed by atoms with Crippen molar-refractivity contribution < 1.29 is 14.3 Å². The number of rotatable bonds is 2. The summed E-state index contributed by atoms with van der Waals surface area (Å²) in [6.07, 6.45) is 4.61. The number of benzene rings is 2. The van der Waals surface area contributed by atoms with Gasteiger partial charge in [0.2, 0.25) is 0 Å². The molecule has 0 saturated heterocycles. The number of carbonyl (C=O) groups is 1. The quantitative estimate of drug-likeness (QED) is 0.502. The molecular weight excluding hydrogens is 407 g/mol. The number of aryl methyl sites for hydroxylation is 1. The number of halogens is 3. The summed E-state index contributed by atoms with van der Waals surface area (Å²) in [6, 6.07) is 3.90. The Balaban J connectivity index is 1.90. The van der Waals surface area contributed by atoms with Crippen molar-refractivity contribution in [2.45, 2.75) is 39.0 Å². The molecule has 0 heterocycles. The lowest BCUT2D eigenvalue weighted by atomic mass is 9.66. The Morgan fingerprint density at radius 1 is 1.22 bits per heavy atom. The number of carbonyl (C=O) groups excluding carboxylic acids is 1. The topological polar surface area (TPSA) is 35.5 Å². The molecular formula is C21H19Cl3O3. The summed E-state index contributed by atoms with van der Waals surface area (Å²) in [5.41, 5.74) is 2.33. The van der Waals surface area contributed by atoms with Crippen molar-refractivity contribution in [3.63, 3.8) is 0 Å². The minimum atomic E-state index is -0.286. The van der Waals surface area contributed by atoms with Crippen molar-refractivity contribution >= 4 is 51.5 Å². The fourth-order valence-corrected chi connectivity index (χ4v) is 5.70. The predicted octanol–water partition coefficient (Wildman–Crippen LogP) is 6.70. The lowest BCUT2D eigenvalue weighted by molar-refractivity contribution is -0.137. The van der Waals surface area contributed by atoms with Gasteiger partial charge in [0.05, 0.1) is 22.2 Å². The molecule has 2 aliphatic carbocycles. The second-order valence-electron chi connectivity index (χ2n) is 7.52. The molecule has 3 nitrogen and oxygen atoms in total. The van der Waals surface area contributed by atoms with Crippen LogP contribution in [0.1, 0.15) is 43.7 Å². The highest BCUT2D eigenvalue weighted by molar-refractivity contribution is 6.45. The Bertz CT molecular complexity index is 1010. The van der Waals surface area contributed by atoms with E-state index in [9.17, 15) is 4.79 Å². The van der Waals surface area contributed by atoms with Gasteiger partial charge in [0.1, 0.15) is 5.76 Å². The first-order chi connectivity index (χ1) is 12.7. The van der Waals surface area contributed by atoms with Crippen molar-refractivity contribution in [1.82, 2.24) is 0 Å². The number of methoxy groups -OCH3 is 1. The van der Waals surface area contributed by atoms with Crippen molar-refractivity contribution in [2.24, 2.45) is 5.41 Å². The monoisotopic (exact) mass is 424 g/mol. The molecule has 0 fully saturated rings. The molecule has 0 radical (unpaired) electrons. The van der Waals surface area contributed by atoms with Crippen molar-refractivity contribution in [2.75, 3.05) is 7.11 Å². The molecule has 0 saturated carbocycles. The van der Waals surface area contributed by atoms with Crippen LogP contribution in [0.4, 0.5) is 0 Å². The van der Waals surface area contributed by atoms with Gasteiger partial charge in [-0.1, -0.05) is 41.7 Å². The molecule has 2 aliphatic rings. The standard InChI is InChI=1S/C21H19Cl3O3/c1-10(25)27-11-6-15-13-7-16(22)18-14(8-17(23)20(26-3)19(18)24)12(13)4-5-21(15,2)9-11/h7-9,15H,4-6H2,1-3H3/t15-,21+/m1/s1. The zero-order valence-corrected chi connectivity index (χ0v) is 17.6. The van der Waals surface area contributed by atoms with Gasteiger partial charge in [0.15, 0.2) is 5.75 Å². The predicted molar refractivity (Wildman–Crippen MR) is 109 cm³/mol. The Labute approximate surface area is 173 Å². The first kappa shape index (κ1) is 18.9. The third-order valence-electron chi connectivity index (χ3n) is 5.83. The van der Waals surface area contributed by atoms with Gasteiger partial charge in [0.25, 0.3) is 0 Å². The van der Waals surface area contributed by atoms with Gasteiger partial charge in [0, 0.05) is 24.6 Å². The van der Waals surface area contributed by atoms with Crippen LogP contribution in [0.5, 0.6) is 5.75 Å². The van der Waals surface area contributed by atoms with Gasteiger partial charge in [-0.2, -0.15) is 0 Å². The van der Waals surface area contributed by atoms with Crippen LogP contribution >= 0.6 is 34.8 Å². The molecule has 0 aromatic heterocycles. The highest BCUT2D eigenvalue weighted by Crippen LogP contribution is 2.57. The number of fused-ring (bicyclic) bond motifs is 5.